The van der Waals surface area contributed by atoms with Gasteiger partial charge in [-0.25, -0.2) is 13.1 Å². The first-order valence-electron chi connectivity index (χ1n) is 14.0. The molecule has 0 aliphatic carbocycles. The molecule has 0 radical (unpaired) electrons. The number of aromatic nitrogens is 1. The van der Waals surface area contributed by atoms with Gasteiger partial charge in [0.1, 0.15) is 6.04 Å². The predicted molar refractivity (Wildman–Crippen MR) is 163 cm³/mol. The average Bonchev–Trinajstić information content (AvgIpc) is 3.02. The molecule has 218 valence electrons. The van der Waals surface area contributed by atoms with E-state index in [9.17, 15) is 18.0 Å². The molecule has 0 aliphatic rings. The lowest BCUT2D eigenvalue weighted by Gasteiger charge is -2.31. The summed E-state index contributed by atoms with van der Waals surface area (Å²) in [5.41, 5.74) is 3.56. The highest BCUT2D eigenvalue weighted by molar-refractivity contribution is 7.89. The molecule has 0 aliphatic heterocycles. The molecule has 1 heterocycles. The number of pyridine rings is 1. The van der Waals surface area contributed by atoms with Crippen LogP contribution >= 0.6 is 0 Å². The number of amides is 2. The standard InChI is InChI=1S/C33H36N4O4S/c1-2-36-42(40,41)30-18-15-26(16-19-30)17-20-32(38)37(25-28-12-7-4-8-13-28)31(22-27-10-5-3-6-11-27)33(39)35-24-29-14-9-21-34-23-29/h3-16,18-19,21,23,31,36H,2,17,20,22,24-25H2,1H3,(H,35,39). The molecule has 9 heteroatoms. The quantitative estimate of drug-likeness (QED) is 0.230. The fourth-order valence-electron chi connectivity index (χ4n) is 4.65. The van der Waals surface area contributed by atoms with E-state index in [4.69, 9.17) is 0 Å². The van der Waals surface area contributed by atoms with Gasteiger partial charge in [0.25, 0.3) is 0 Å². The number of benzene rings is 3. The highest BCUT2D eigenvalue weighted by atomic mass is 32.2. The minimum Gasteiger partial charge on any atom is -0.350 e. The third-order valence-electron chi connectivity index (χ3n) is 6.85. The summed E-state index contributed by atoms with van der Waals surface area (Å²) < 4.78 is 27.1. The molecule has 1 aromatic heterocycles. The lowest BCUT2D eigenvalue weighted by molar-refractivity contribution is -0.141. The van der Waals surface area contributed by atoms with E-state index in [-0.39, 0.29) is 29.7 Å². The Labute approximate surface area is 247 Å². The second-order valence-corrected chi connectivity index (χ2v) is 11.7. The fourth-order valence-corrected chi connectivity index (χ4v) is 5.69. The third-order valence-corrected chi connectivity index (χ3v) is 8.41. The Morgan fingerprint density at radius 2 is 1.45 bits per heavy atom. The van der Waals surface area contributed by atoms with Gasteiger partial charge in [0.2, 0.25) is 21.8 Å². The van der Waals surface area contributed by atoms with Gasteiger partial charge in [-0.05, 0) is 46.9 Å². The molecule has 0 spiro atoms. The Hall–Kier alpha value is -4.34. The smallest absolute Gasteiger partial charge is 0.243 e. The molecule has 0 saturated heterocycles. The highest BCUT2D eigenvalue weighted by Crippen LogP contribution is 2.18. The summed E-state index contributed by atoms with van der Waals surface area (Å²) in [5.74, 6) is -0.411. The van der Waals surface area contributed by atoms with Crippen molar-refractivity contribution < 1.29 is 18.0 Å². The minimum atomic E-state index is -3.56. The van der Waals surface area contributed by atoms with Crippen LogP contribution in [0.4, 0.5) is 0 Å². The Morgan fingerprint density at radius 3 is 2.07 bits per heavy atom. The van der Waals surface area contributed by atoms with Gasteiger partial charge in [-0.2, -0.15) is 0 Å². The number of nitrogens with one attached hydrogen (secondary N) is 2. The molecule has 42 heavy (non-hydrogen) atoms. The van der Waals surface area contributed by atoms with E-state index < -0.39 is 16.1 Å². The van der Waals surface area contributed by atoms with Crippen LogP contribution in [0.2, 0.25) is 0 Å². The summed E-state index contributed by atoms with van der Waals surface area (Å²) in [4.78, 5) is 33.6. The molecule has 0 bridgehead atoms. The highest BCUT2D eigenvalue weighted by Gasteiger charge is 2.30. The van der Waals surface area contributed by atoms with Crippen molar-refractivity contribution >= 4 is 21.8 Å². The van der Waals surface area contributed by atoms with Crippen molar-refractivity contribution in [1.82, 2.24) is 19.9 Å². The SMILES string of the molecule is CCNS(=O)(=O)c1ccc(CCC(=O)N(Cc2ccccc2)C(Cc2ccccc2)C(=O)NCc2cccnc2)cc1. The van der Waals surface area contributed by atoms with Crippen LogP contribution in [-0.4, -0.2) is 42.7 Å². The zero-order valence-electron chi connectivity index (χ0n) is 23.6. The fraction of sp³-hybridized carbons (Fsp3) is 0.242. The first-order valence-corrected chi connectivity index (χ1v) is 15.5. The van der Waals surface area contributed by atoms with Crippen molar-refractivity contribution in [2.45, 2.75) is 50.2 Å². The van der Waals surface area contributed by atoms with Crippen LogP contribution in [-0.2, 0) is 45.5 Å². The molecule has 4 aromatic rings. The van der Waals surface area contributed by atoms with Crippen LogP contribution in [0.3, 0.4) is 0 Å². The zero-order valence-corrected chi connectivity index (χ0v) is 24.5. The van der Waals surface area contributed by atoms with Gasteiger partial charge in [-0.15, -0.1) is 0 Å². The van der Waals surface area contributed by atoms with E-state index in [1.165, 1.54) is 0 Å². The molecule has 8 nitrogen and oxygen atoms in total. The third kappa shape index (κ3) is 8.83. The molecule has 3 aromatic carbocycles. The van der Waals surface area contributed by atoms with Gasteiger partial charge in [0.15, 0.2) is 0 Å². The van der Waals surface area contributed by atoms with E-state index in [1.54, 1.807) is 48.5 Å². The Bertz CT molecular complexity index is 1530. The molecular weight excluding hydrogens is 548 g/mol. The summed E-state index contributed by atoms with van der Waals surface area (Å²) in [6.45, 7) is 2.60. The van der Waals surface area contributed by atoms with Gasteiger partial charge in [-0.1, -0.05) is 85.8 Å². The first kappa shape index (κ1) is 30.6. The molecule has 1 unspecified atom stereocenters. The van der Waals surface area contributed by atoms with E-state index >= 15 is 0 Å². The Morgan fingerprint density at radius 1 is 0.810 bits per heavy atom. The first-order chi connectivity index (χ1) is 20.4. The summed E-state index contributed by atoms with van der Waals surface area (Å²) in [7, 11) is -3.56. The maximum Gasteiger partial charge on any atom is 0.243 e. The van der Waals surface area contributed by atoms with Crippen LogP contribution in [0, 0.1) is 0 Å². The van der Waals surface area contributed by atoms with Crippen molar-refractivity contribution in [2.24, 2.45) is 0 Å². The molecule has 0 fully saturated rings. The average molecular weight is 585 g/mol. The Balaban J connectivity index is 1.56. The van der Waals surface area contributed by atoms with E-state index in [2.05, 4.69) is 15.0 Å². The van der Waals surface area contributed by atoms with Crippen LogP contribution < -0.4 is 10.0 Å². The van der Waals surface area contributed by atoms with E-state index in [0.717, 1.165) is 22.3 Å². The van der Waals surface area contributed by atoms with E-state index in [0.29, 0.717) is 25.9 Å². The Kier molecular flexibility index (Phi) is 11.0. The van der Waals surface area contributed by atoms with Crippen molar-refractivity contribution in [2.75, 3.05) is 6.54 Å². The summed E-state index contributed by atoms with van der Waals surface area (Å²) >= 11 is 0. The lowest BCUT2D eigenvalue weighted by atomic mass is 10.0. The number of rotatable bonds is 14. The van der Waals surface area contributed by atoms with E-state index in [1.807, 2.05) is 72.8 Å². The van der Waals surface area contributed by atoms with Crippen molar-refractivity contribution in [1.29, 1.82) is 0 Å². The number of carbonyl (C=O) groups excluding carboxylic acids is 2. The summed E-state index contributed by atoms with van der Waals surface area (Å²) in [6, 6.07) is 28.8. The van der Waals surface area contributed by atoms with Gasteiger partial charge >= 0.3 is 0 Å². The van der Waals surface area contributed by atoms with Crippen molar-refractivity contribution in [3.63, 3.8) is 0 Å². The monoisotopic (exact) mass is 584 g/mol. The van der Waals surface area contributed by atoms with Gasteiger partial charge in [-0.3, -0.25) is 14.6 Å². The molecule has 0 saturated carbocycles. The van der Waals surface area contributed by atoms with Crippen molar-refractivity contribution in [3.8, 4) is 0 Å². The van der Waals surface area contributed by atoms with Gasteiger partial charge in [0.05, 0.1) is 4.90 Å². The van der Waals surface area contributed by atoms with Crippen LogP contribution in [0.25, 0.3) is 0 Å². The number of aryl methyl sites for hydroxylation is 1. The lowest BCUT2D eigenvalue weighted by Crippen LogP contribution is -2.50. The second-order valence-electron chi connectivity index (χ2n) is 9.94. The predicted octanol–water partition coefficient (Wildman–Crippen LogP) is 4.27. The largest absolute Gasteiger partial charge is 0.350 e. The van der Waals surface area contributed by atoms with Crippen LogP contribution in [0.1, 0.15) is 35.6 Å². The molecule has 2 amide bonds. The van der Waals surface area contributed by atoms with Gasteiger partial charge in [0, 0.05) is 44.9 Å². The van der Waals surface area contributed by atoms with Gasteiger partial charge < -0.3 is 10.2 Å². The van der Waals surface area contributed by atoms with Crippen LogP contribution in [0.5, 0.6) is 0 Å². The number of carbonyl (C=O) groups is 2. The summed E-state index contributed by atoms with van der Waals surface area (Å²) in [5, 5.41) is 3.01. The maximum atomic E-state index is 13.9. The molecule has 2 N–H and O–H groups in total. The number of nitrogens with zero attached hydrogens (tertiary/aromatic N) is 2. The number of hydrogen-bond donors (Lipinski definition) is 2. The zero-order chi connectivity index (χ0) is 29.8. The molecule has 4 rings (SSSR count). The molecule has 1 atom stereocenters. The topological polar surface area (TPSA) is 108 Å². The minimum absolute atomic E-state index is 0.160. The number of sulfonamides is 1. The normalized spacial score (nSPS) is 11.9. The van der Waals surface area contributed by atoms with Crippen LogP contribution in [0.15, 0.2) is 114 Å². The van der Waals surface area contributed by atoms with Crippen molar-refractivity contribution in [3.05, 3.63) is 132 Å². The summed E-state index contributed by atoms with van der Waals surface area (Å²) in [6.07, 6.45) is 4.30. The second kappa shape index (κ2) is 15.0. The molecular formula is C33H36N4O4S. The number of hydrogen-bond acceptors (Lipinski definition) is 5. The maximum absolute atomic E-state index is 13.9.